The Hall–Kier alpha value is -2.25. The van der Waals surface area contributed by atoms with Crippen LogP contribution in [0.2, 0.25) is 5.02 Å². The number of halogens is 1. The van der Waals surface area contributed by atoms with E-state index in [0.29, 0.717) is 33.9 Å². The topological polar surface area (TPSA) is 81.3 Å². The molecule has 3 aromatic rings. The van der Waals surface area contributed by atoms with E-state index in [0.717, 1.165) is 0 Å². The van der Waals surface area contributed by atoms with Crippen LogP contribution in [0, 0.1) is 13.8 Å². The van der Waals surface area contributed by atoms with E-state index < -0.39 is 15.8 Å². The molecule has 6 nitrogen and oxygen atoms in total. The van der Waals surface area contributed by atoms with Crippen molar-refractivity contribution in [2.45, 2.75) is 32.2 Å². The Morgan fingerprint density at radius 2 is 1.88 bits per heavy atom. The molecule has 0 amide bonds. The van der Waals surface area contributed by atoms with E-state index in [1.54, 1.807) is 38.1 Å². The van der Waals surface area contributed by atoms with Gasteiger partial charge in [-0.1, -0.05) is 11.6 Å². The standard InChI is InChI=1S/C17H17ClN2O4S/c1-4-20-14-8-11(3)16(9-15(14)24-17(20)21)25(22,23)19-13-6-5-12(18)7-10(13)2/h5-9,19H,4H2,1-3H3. The van der Waals surface area contributed by atoms with Gasteiger partial charge >= 0.3 is 5.76 Å². The lowest BCUT2D eigenvalue weighted by atomic mass is 10.2. The number of sulfonamides is 1. The van der Waals surface area contributed by atoms with Gasteiger partial charge in [-0.2, -0.15) is 0 Å². The van der Waals surface area contributed by atoms with Gasteiger partial charge in [-0.15, -0.1) is 0 Å². The van der Waals surface area contributed by atoms with Crippen LogP contribution in [0.3, 0.4) is 0 Å². The Balaban J connectivity index is 2.11. The molecule has 0 fully saturated rings. The van der Waals surface area contributed by atoms with E-state index in [1.165, 1.54) is 10.6 Å². The van der Waals surface area contributed by atoms with Gasteiger partial charge in [0.05, 0.1) is 16.1 Å². The molecule has 3 rings (SSSR count). The average molecular weight is 381 g/mol. The number of hydrogen-bond donors (Lipinski definition) is 1. The van der Waals surface area contributed by atoms with Gasteiger partial charge in [-0.05, 0) is 56.2 Å². The number of anilines is 1. The van der Waals surface area contributed by atoms with Crippen LogP contribution in [0.1, 0.15) is 18.1 Å². The molecule has 0 spiro atoms. The van der Waals surface area contributed by atoms with Gasteiger partial charge in [0.1, 0.15) is 0 Å². The third kappa shape index (κ3) is 3.17. The number of oxazole rings is 1. The zero-order valence-corrected chi connectivity index (χ0v) is 15.5. The lowest BCUT2D eigenvalue weighted by Gasteiger charge is -2.12. The predicted molar refractivity (Wildman–Crippen MR) is 97.9 cm³/mol. The molecule has 0 aliphatic heterocycles. The van der Waals surface area contributed by atoms with Crippen LogP contribution in [0.25, 0.3) is 11.1 Å². The second-order valence-electron chi connectivity index (χ2n) is 5.76. The van der Waals surface area contributed by atoms with Gasteiger partial charge in [-0.25, -0.2) is 13.2 Å². The fourth-order valence-corrected chi connectivity index (χ4v) is 4.32. The molecule has 0 bridgehead atoms. The minimum absolute atomic E-state index is 0.0614. The second-order valence-corrected chi connectivity index (χ2v) is 7.85. The van der Waals surface area contributed by atoms with Crippen LogP contribution in [0.4, 0.5) is 5.69 Å². The molecule has 1 N–H and O–H groups in total. The molecule has 0 saturated carbocycles. The first kappa shape index (κ1) is 17.6. The summed E-state index contributed by atoms with van der Waals surface area (Å²) < 4.78 is 34.8. The Morgan fingerprint density at radius 1 is 1.16 bits per heavy atom. The summed E-state index contributed by atoms with van der Waals surface area (Å²) in [4.78, 5) is 11.9. The highest BCUT2D eigenvalue weighted by Crippen LogP contribution is 2.27. The van der Waals surface area contributed by atoms with Gasteiger partial charge < -0.3 is 4.42 Å². The molecule has 2 aromatic carbocycles. The van der Waals surface area contributed by atoms with Crippen LogP contribution < -0.4 is 10.5 Å². The van der Waals surface area contributed by atoms with E-state index >= 15 is 0 Å². The summed E-state index contributed by atoms with van der Waals surface area (Å²) in [6.07, 6.45) is 0. The number of aromatic nitrogens is 1. The molecule has 0 unspecified atom stereocenters. The zero-order chi connectivity index (χ0) is 18.4. The van der Waals surface area contributed by atoms with E-state index in [-0.39, 0.29) is 10.5 Å². The minimum atomic E-state index is -3.85. The van der Waals surface area contributed by atoms with Crippen molar-refractivity contribution in [3.8, 4) is 0 Å². The molecule has 0 atom stereocenters. The van der Waals surface area contributed by atoms with E-state index in [2.05, 4.69) is 4.72 Å². The fraction of sp³-hybridized carbons (Fsp3) is 0.235. The van der Waals surface area contributed by atoms with Crippen molar-refractivity contribution in [1.82, 2.24) is 4.57 Å². The van der Waals surface area contributed by atoms with Gasteiger partial charge in [0, 0.05) is 17.6 Å². The maximum Gasteiger partial charge on any atom is 0.419 e. The van der Waals surface area contributed by atoms with Crippen molar-refractivity contribution < 1.29 is 12.8 Å². The second kappa shape index (κ2) is 6.24. The summed E-state index contributed by atoms with van der Waals surface area (Å²) in [6.45, 7) is 5.71. The molecule has 132 valence electrons. The number of fused-ring (bicyclic) bond motifs is 1. The highest BCUT2D eigenvalue weighted by molar-refractivity contribution is 7.92. The minimum Gasteiger partial charge on any atom is -0.408 e. The van der Waals surface area contributed by atoms with E-state index in [4.69, 9.17) is 16.0 Å². The molecule has 1 aromatic heterocycles. The van der Waals surface area contributed by atoms with Crippen LogP contribution in [-0.4, -0.2) is 13.0 Å². The van der Waals surface area contributed by atoms with Crippen LogP contribution in [0.5, 0.6) is 0 Å². The smallest absolute Gasteiger partial charge is 0.408 e. The average Bonchev–Trinajstić information content (AvgIpc) is 2.83. The predicted octanol–water partition coefficient (Wildman–Crippen LogP) is 3.69. The normalized spacial score (nSPS) is 11.8. The SMILES string of the molecule is CCn1c(=O)oc2cc(S(=O)(=O)Nc3ccc(Cl)cc3C)c(C)cc21. The van der Waals surface area contributed by atoms with Crippen molar-refractivity contribution in [2.24, 2.45) is 0 Å². The Kier molecular flexibility index (Phi) is 4.38. The first-order valence-electron chi connectivity index (χ1n) is 7.66. The molecule has 0 saturated heterocycles. The molecular weight excluding hydrogens is 364 g/mol. The van der Waals surface area contributed by atoms with Crippen molar-refractivity contribution in [1.29, 1.82) is 0 Å². The summed E-state index contributed by atoms with van der Waals surface area (Å²) in [5, 5.41) is 0.528. The third-order valence-electron chi connectivity index (χ3n) is 4.00. The number of aryl methyl sites for hydroxylation is 3. The summed E-state index contributed by atoms with van der Waals surface area (Å²) in [5.41, 5.74) is 2.49. The number of nitrogens with one attached hydrogen (secondary N) is 1. The summed E-state index contributed by atoms with van der Waals surface area (Å²) in [6, 6.07) is 7.92. The first-order valence-corrected chi connectivity index (χ1v) is 9.52. The Bertz CT molecular complexity index is 1130. The first-order chi connectivity index (χ1) is 11.7. The zero-order valence-electron chi connectivity index (χ0n) is 14.0. The molecule has 1 heterocycles. The number of nitrogens with zero attached hydrogens (tertiary/aromatic N) is 1. The molecule has 8 heteroatoms. The van der Waals surface area contributed by atoms with Crippen LogP contribution in [-0.2, 0) is 16.6 Å². The number of rotatable bonds is 4. The molecular formula is C17H17ClN2O4S. The summed E-state index contributed by atoms with van der Waals surface area (Å²) in [7, 11) is -3.85. The Labute approximate surface area is 150 Å². The Morgan fingerprint density at radius 3 is 2.52 bits per heavy atom. The molecule has 25 heavy (non-hydrogen) atoms. The molecule has 0 radical (unpaired) electrons. The lowest BCUT2D eigenvalue weighted by Crippen LogP contribution is -2.15. The van der Waals surface area contributed by atoms with Gasteiger partial charge in [0.2, 0.25) is 0 Å². The molecule has 0 aliphatic rings. The summed E-state index contributed by atoms with van der Waals surface area (Å²) in [5.74, 6) is -0.507. The largest absolute Gasteiger partial charge is 0.419 e. The third-order valence-corrected chi connectivity index (χ3v) is 5.75. The maximum atomic E-state index is 12.8. The summed E-state index contributed by atoms with van der Waals surface area (Å²) >= 11 is 5.91. The highest BCUT2D eigenvalue weighted by atomic mass is 35.5. The maximum absolute atomic E-state index is 12.8. The van der Waals surface area contributed by atoms with Crippen molar-refractivity contribution in [2.75, 3.05) is 4.72 Å². The van der Waals surface area contributed by atoms with Crippen molar-refractivity contribution >= 4 is 38.4 Å². The van der Waals surface area contributed by atoms with Crippen molar-refractivity contribution in [3.05, 3.63) is 57.0 Å². The van der Waals surface area contributed by atoms with E-state index in [1.807, 2.05) is 6.92 Å². The number of benzene rings is 2. The fourth-order valence-electron chi connectivity index (χ4n) is 2.72. The monoisotopic (exact) mass is 380 g/mol. The number of hydrogen-bond acceptors (Lipinski definition) is 4. The molecule has 0 aliphatic carbocycles. The lowest BCUT2D eigenvalue weighted by molar-refractivity contribution is 0.512. The van der Waals surface area contributed by atoms with Crippen LogP contribution >= 0.6 is 11.6 Å². The van der Waals surface area contributed by atoms with Crippen LogP contribution in [0.15, 0.2) is 44.4 Å². The van der Waals surface area contributed by atoms with Gasteiger partial charge in [0.25, 0.3) is 10.0 Å². The van der Waals surface area contributed by atoms with E-state index in [9.17, 15) is 13.2 Å². The highest BCUT2D eigenvalue weighted by Gasteiger charge is 2.21. The van der Waals surface area contributed by atoms with Gasteiger partial charge in [0.15, 0.2) is 5.58 Å². The quantitative estimate of drug-likeness (QED) is 0.748. The van der Waals surface area contributed by atoms with Gasteiger partial charge in [-0.3, -0.25) is 9.29 Å². The van der Waals surface area contributed by atoms with Crippen molar-refractivity contribution in [3.63, 3.8) is 0 Å².